The van der Waals surface area contributed by atoms with Crippen LogP contribution in [0, 0.1) is 0 Å². The summed E-state index contributed by atoms with van der Waals surface area (Å²) in [6, 6.07) is 25.3. The summed E-state index contributed by atoms with van der Waals surface area (Å²) in [6.45, 7) is 7.22. The molecule has 0 unspecified atom stereocenters. The van der Waals surface area contributed by atoms with Crippen LogP contribution in [0.3, 0.4) is 0 Å². The van der Waals surface area contributed by atoms with Crippen molar-refractivity contribution >= 4 is 5.91 Å². The molecule has 1 atom stereocenters. The van der Waals surface area contributed by atoms with Gasteiger partial charge in [-0.15, -0.1) is 0 Å². The molecule has 1 saturated heterocycles. The predicted octanol–water partition coefficient (Wildman–Crippen LogP) is 5.29. The normalized spacial score (nSPS) is 16.6. The Morgan fingerprint density at radius 1 is 0.970 bits per heavy atom. The molecule has 2 aromatic carbocycles. The zero-order chi connectivity index (χ0) is 23.0. The highest BCUT2D eigenvalue weighted by Gasteiger charge is 2.26. The number of nitrogens with zero attached hydrogens (tertiary/aromatic N) is 3. The van der Waals surface area contributed by atoms with Gasteiger partial charge in [-0.2, -0.15) is 0 Å². The third-order valence-corrected chi connectivity index (χ3v) is 6.52. The van der Waals surface area contributed by atoms with E-state index in [4.69, 9.17) is 4.98 Å². The number of piperidine rings is 1. The first-order chi connectivity index (χ1) is 16.1. The molecule has 1 fully saturated rings. The molecule has 4 nitrogen and oxygen atoms in total. The molecular formula is C29H35N3O. The Balaban J connectivity index is 1.35. The van der Waals surface area contributed by atoms with Crippen molar-refractivity contribution < 1.29 is 4.79 Å². The number of carbonyl (C=O) groups excluding carboxylic acids is 1. The van der Waals surface area contributed by atoms with E-state index in [2.05, 4.69) is 67.3 Å². The smallest absolute Gasteiger partial charge is 0.237 e. The van der Waals surface area contributed by atoms with Crippen LogP contribution >= 0.6 is 0 Å². The Morgan fingerprint density at radius 3 is 2.30 bits per heavy atom. The second-order valence-corrected chi connectivity index (χ2v) is 9.43. The highest BCUT2D eigenvalue weighted by Crippen LogP contribution is 2.26. The fourth-order valence-corrected chi connectivity index (χ4v) is 4.68. The molecule has 1 aromatic heterocycles. The molecule has 4 heteroatoms. The third kappa shape index (κ3) is 6.52. The summed E-state index contributed by atoms with van der Waals surface area (Å²) >= 11 is 0. The minimum absolute atomic E-state index is 0.178. The zero-order valence-electron chi connectivity index (χ0n) is 19.9. The van der Waals surface area contributed by atoms with Crippen LogP contribution in [-0.2, 0) is 17.8 Å². The lowest BCUT2D eigenvalue weighted by Crippen LogP contribution is -2.45. The van der Waals surface area contributed by atoms with Gasteiger partial charge in [-0.3, -0.25) is 14.7 Å². The van der Waals surface area contributed by atoms with Crippen molar-refractivity contribution in [2.45, 2.75) is 51.6 Å². The first kappa shape index (κ1) is 23.2. The number of hydrogen-bond donors (Lipinski definition) is 0. The maximum atomic E-state index is 13.2. The molecule has 1 aliphatic heterocycles. The number of carbonyl (C=O) groups is 1. The fraction of sp³-hybridized carbons (Fsp3) is 0.379. The number of pyridine rings is 1. The van der Waals surface area contributed by atoms with Gasteiger partial charge >= 0.3 is 0 Å². The van der Waals surface area contributed by atoms with E-state index in [0.717, 1.165) is 38.0 Å². The van der Waals surface area contributed by atoms with Gasteiger partial charge in [0, 0.05) is 36.9 Å². The lowest BCUT2D eigenvalue weighted by atomic mass is 9.93. The van der Waals surface area contributed by atoms with E-state index in [1.54, 1.807) is 0 Å². The molecule has 0 aliphatic carbocycles. The SMILES string of the molecule is CC(C)N(Cc1ccccc1)C(=O)CN1CCC[C@@H](c2ccc(Cc3ccccc3)cn2)C1. The van der Waals surface area contributed by atoms with Crippen molar-refractivity contribution in [2.24, 2.45) is 0 Å². The average molecular weight is 442 g/mol. The molecule has 0 saturated carbocycles. The maximum Gasteiger partial charge on any atom is 0.237 e. The van der Waals surface area contributed by atoms with Gasteiger partial charge in [-0.1, -0.05) is 66.7 Å². The molecule has 2 heterocycles. The van der Waals surface area contributed by atoms with Crippen LogP contribution in [0.15, 0.2) is 79.0 Å². The highest BCUT2D eigenvalue weighted by atomic mass is 16.2. The maximum absolute atomic E-state index is 13.2. The van der Waals surface area contributed by atoms with Gasteiger partial charge < -0.3 is 4.90 Å². The Morgan fingerprint density at radius 2 is 1.67 bits per heavy atom. The minimum atomic E-state index is 0.178. The number of amides is 1. The molecule has 4 rings (SSSR count). The van der Waals surface area contributed by atoms with Crippen LogP contribution in [0.25, 0.3) is 0 Å². The molecule has 1 aliphatic rings. The van der Waals surface area contributed by atoms with Crippen molar-refractivity contribution in [1.29, 1.82) is 0 Å². The molecule has 3 aromatic rings. The van der Waals surface area contributed by atoms with Gasteiger partial charge in [0.15, 0.2) is 0 Å². The monoisotopic (exact) mass is 441 g/mol. The molecule has 172 valence electrons. The van der Waals surface area contributed by atoms with E-state index in [1.165, 1.54) is 16.7 Å². The second kappa shape index (κ2) is 11.2. The topological polar surface area (TPSA) is 36.4 Å². The van der Waals surface area contributed by atoms with Crippen molar-refractivity contribution in [1.82, 2.24) is 14.8 Å². The summed E-state index contributed by atoms with van der Waals surface area (Å²) < 4.78 is 0. The molecule has 1 amide bonds. The highest BCUT2D eigenvalue weighted by molar-refractivity contribution is 5.78. The van der Waals surface area contributed by atoms with Crippen molar-refractivity contribution in [3.63, 3.8) is 0 Å². The summed E-state index contributed by atoms with van der Waals surface area (Å²) in [5.74, 6) is 0.597. The van der Waals surface area contributed by atoms with Crippen LogP contribution in [0.5, 0.6) is 0 Å². The first-order valence-corrected chi connectivity index (χ1v) is 12.1. The minimum Gasteiger partial charge on any atom is -0.335 e. The van der Waals surface area contributed by atoms with Crippen LogP contribution < -0.4 is 0 Å². The van der Waals surface area contributed by atoms with Gasteiger partial charge in [0.25, 0.3) is 0 Å². The molecule has 0 radical (unpaired) electrons. The second-order valence-electron chi connectivity index (χ2n) is 9.43. The lowest BCUT2D eigenvalue weighted by Gasteiger charge is -2.35. The van der Waals surface area contributed by atoms with Gasteiger partial charge in [-0.05, 0) is 62.4 Å². The molecular weight excluding hydrogens is 406 g/mol. The number of aromatic nitrogens is 1. The molecule has 0 bridgehead atoms. The summed E-state index contributed by atoms with van der Waals surface area (Å²) in [5.41, 5.74) is 4.87. The predicted molar refractivity (Wildman–Crippen MR) is 134 cm³/mol. The lowest BCUT2D eigenvalue weighted by molar-refractivity contribution is -0.135. The van der Waals surface area contributed by atoms with E-state index in [9.17, 15) is 4.79 Å². The Labute approximate surface area is 198 Å². The largest absolute Gasteiger partial charge is 0.335 e. The Bertz CT molecular complexity index is 1000. The standard InChI is InChI=1S/C29H35N3O/c1-23(2)32(20-25-12-7-4-8-13-25)29(33)22-31-17-9-14-27(21-31)28-16-15-26(19-30-28)18-24-10-5-3-6-11-24/h3-8,10-13,15-16,19,23,27H,9,14,17-18,20-22H2,1-2H3/t27-/m1/s1. The van der Waals surface area contributed by atoms with Gasteiger partial charge in [0.2, 0.25) is 5.91 Å². The van der Waals surface area contributed by atoms with Crippen molar-refractivity contribution in [3.05, 3.63) is 101 Å². The van der Waals surface area contributed by atoms with Crippen molar-refractivity contribution in [3.8, 4) is 0 Å². The number of benzene rings is 2. The van der Waals surface area contributed by atoms with E-state index in [1.807, 2.05) is 35.4 Å². The molecule has 0 N–H and O–H groups in total. The number of hydrogen-bond acceptors (Lipinski definition) is 3. The van der Waals surface area contributed by atoms with E-state index in [0.29, 0.717) is 19.0 Å². The van der Waals surface area contributed by atoms with Crippen LogP contribution in [0.1, 0.15) is 55.0 Å². The summed E-state index contributed by atoms with van der Waals surface area (Å²) in [5, 5.41) is 0. The van der Waals surface area contributed by atoms with E-state index >= 15 is 0 Å². The average Bonchev–Trinajstić information content (AvgIpc) is 2.84. The summed E-state index contributed by atoms with van der Waals surface area (Å²) in [4.78, 5) is 22.3. The quantitative estimate of drug-likeness (QED) is 0.477. The Hall–Kier alpha value is -2.98. The summed E-state index contributed by atoms with van der Waals surface area (Å²) in [7, 11) is 0. The first-order valence-electron chi connectivity index (χ1n) is 12.1. The van der Waals surface area contributed by atoms with E-state index in [-0.39, 0.29) is 11.9 Å². The molecule has 0 spiro atoms. The zero-order valence-corrected chi connectivity index (χ0v) is 19.9. The van der Waals surface area contributed by atoms with Crippen LogP contribution in [-0.4, -0.2) is 46.4 Å². The molecule has 33 heavy (non-hydrogen) atoms. The van der Waals surface area contributed by atoms with Gasteiger partial charge in [0.1, 0.15) is 0 Å². The Kier molecular flexibility index (Phi) is 7.90. The number of likely N-dealkylation sites (tertiary alicyclic amines) is 1. The fourth-order valence-electron chi connectivity index (χ4n) is 4.68. The third-order valence-electron chi connectivity index (χ3n) is 6.52. The van der Waals surface area contributed by atoms with E-state index < -0.39 is 0 Å². The van der Waals surface area contributed by atoms with Crippen LogP contribution in [0.4, 0.5) is 0 Å². The van der Waals surface area contributed by atoms with Crippen molar-refractivity contribution in [2.75, 3.05) is 19.6 Å². The van der Waals surface area contributed by atoms with Crippen LogP contribution in [0.2, 0.25) is 0 Å². The number of rotatable bonds is 8. The van der Waals surface area contributed by atoms with Gasteiger partial charge in [0.05, 0.1) is 6.54 Å². The summed E-state index contributed by atoms with van der Waals surface area (Å²) in [6.07, 6.45) is 5.16. The van der Waals surface area contributed by atoms with Gasteiger partial charge in [-0.25, -0.2) is 0 Å².